The van der Waals surface area contributed by atoms with E-state index in [1.165, 1.54) is 0 Å². The summed E-state index contributed by atoms with van der Waals surface area (Å²) in [5.74, 6) is 0.499. The van der Waals surface area contributed by atoms with E-state index in [0.29, 0.717) is 13.2 Å². The van der Waals surface area contributed by atoms with E-state index in [9.17, 15) is 18.7 Å². The molecule has 2 N–H and O–H groups in total. The lowest BCUT2D eigenvalue weighted by atomic mass is 10.1. The monoisotopic (exact) mass is 342 g/mol. The summed E-state index contributed by atoms with van der Waals surface area (Å²) in [7, 11) is 0. The minimum absolute atomic E-state index is 0.00105. The third-order valence-corrected chi connectivity index (χ3v) is 3.99. The van der Waals surface area contributed by atoms with Crippen LogP contribution in [-0.2, 0) is 11.3 Å². The van der Waals surface area contributed by atoms with E-state index in [0.717, 1.165) is 17.7 Å². The summed E-state index contributed by atoms with van der Waals surface area (Å²) in [6, 6.07) is 7.46. The highest BCUT2D eigenvalue weighted by atomic mass is 19.3. The van der Waals surface area contributed by atoms with Gasteiger partial charge in [0.1, 0.15) is 11.4 Å². The highest BCUT2D eigenvalue weighted by molar-refractivity contribution is 5.78. The fourth-order valence-corrected chi connectivity index (χ4v) is 2.63. The molecule has 1 amide bonds. The number of carbonyl (C=O) groups is 1. The molecule has 1 atom stereocenters. The Labute approximate surface area is 140 Å². The van der Waals surface area contributed by atoms with Gasteiger partial charge in [0, 0.05) is 19.6 Å². The van der Waals surface area contributed by atoms with Gasteiger partial charge in [0.15, 0.2) is 0 Å². The van der Waals surface area contributed by atoms with Crippen molar-refractivity contribution in [2.75, 3.05) is 26.2 Å². The second-order valence-electron chi connectivity index (χ2n) is 6.14. The van der Waals surface area contributed by atoms with Crippen LogP contribution in [0.25, 0.3) is 0 Å². The first kappa shape index (κ1) is 18.6. The molecule has 2 rings (SSSR count). The van der Waals surface area contributed by atoms with Crippen molar-refractivity contribution in [3.8, 4) is 5.75 Å². The number of nitrogens with zero attached hydrogens (tertiary/aromatic N) is 1. The lowest BCUT2D eigenvalue weighted by molar-refractivity contribution is -0.123. The molecule has 1 saturated heterocycles. The third-order valence-electron chi connectivity index (χ3n) is 3.99. The van der Waals surface area contributed by atoms with Crippen LogP contribution in [0.3, 0.4) is 0 Å². The van der Waals surface area contributed by atoms with Gasteiger partial charge in [-0.25, -0.2) is 8.78 Å². The van der Waals surface area contributed by atoms with Gasteiger partial charge in [-0.3, -0.25) is 9.69 Å². The maximum atomic E-state index is 12.7. The summed E-state index contributed by atoms with van der Waals surface area (Å²) in [5.41, 5.74) is -1.09. The van der Waals surface area contributed by atoms with Gasteiger partial charge in [0.05, 0.1) is 13.2 Å². The van der Waals surface area contributed by atoms with E-state index in [-0.39, 0.29) is 32.0 Å². The summed E-state index contributed by atoms with van der Waals surface area (Å²) < 4.78 is 31.0. The van der Waals surface area contributed by atoms with Crippen LogP contribution >= 0.6 is 0 Å². The Balaban J connectivity index is 1.78. The number of β-amino-alcohol motifs (C(OH)–C–C–N with tert-alkyl or cyclic N) is 1. The predicted molar refractivity (Wildman–Crippen MR) is 86.1 cm³/mol. The van der Waals surface area contributed by atoms with E-state index in [1.54, 1.807) is 4.90 Å². The zero-order valence-corrected chi connectivity index (χ0v) is 13.8. The zero-order chi connectivity index (χ0) is 17.6. The smallest absolute Gasteiger partial charge is 0.268 e. The fraction of sp³-hybridized carbons (Fsp3) is 0.588. The van der Waals surface area contributed by atoms with Gasteiger partial charge in [-0.15, -0.1) is 0 Å². The Kier molecular flexibility index (Phi) is 6.51. The SMILES string of the molecule is CCCOc1cccc(CNC(=O)CN2CCC(O)(C(F)F)C2)c1. The fourth-order valence-electron chi connectivity index (χ4n) is 2.63. The van der Waals surface area contributed by atoms with Crippen molar-refractivity contribution in [2.24, 2.45) is 0 Å². The molecule has 1 aliphatic heterocycles. The lowest BCUT2D eigenvalue weighted by Crippen LogP contribution is -2.42. The van der Waals surface area contributed by atoms with Crippen LogP contribution in [-0.4, -0.2) is 54.2 Å². The summed E-state index contributed by atoms with van der Waals surface area (Å²) in [4.78, 5) is 13.5. The van der Waals surface area contributed by atoms with Crippen molar-refractivity contribution in [3.05, 3.63) is 29.8 Å². The number of amides is 1. The summed E-state index contributed by atoms with van der Waals surface area (Å²) >= 11 is 0. The van der Waals surface area contributed by atoms with Gasteiger partial charge in [0.2, 0.25) is 5.91 Å². The molecule has 134 valence electrons. The Morgan fingerprint density at radius 2 is 2.29 bits per heavy atom. The van der Waals surface area contributed by atoms with E-state index < -0.39 is 12.0 Å². The predicted octanol–water partition coefficient (Wildman–Crippen LogP) is 1.79. The average molecular weight is 342 g/mol. The van der Waals surface area contributed by atoms with Crippen molar-refractivity contribution >= 4 is 5.91 Å². The number of benzene rings is 1. The normalized spacial score (nSPS) is 21.2. The summed E-state index contributed by atoms with van der Waals surface area (Å²) in [6.07, 6.45) is -1.90. The van der Waals surface area contributed by atoms with Crippen LogP contribution in [0.1, 0.15) is 25.3 Å². The number of likely N-dealkylation sites (tertiary alicyclic amines) is 1. The molecular weight excluding hydrogens is 318 g/mol. The van der Waals surface area contributed by atoms with Crippen LogP contribution in [0.2, 0.25) is 0 Å². The van der Waals surface area contributed by atoms with Gasteiger partial charge in [-0.2, -0.15) is 0 Å². The number of halogens is 2. The first-order valence-corrected chi connectivity index (χ1v) is 8.14. The second kappa shape index (κ2) is 8.39. The molecule has 1 aliphatic rings. The molecule has 0 saturated carbocycles. The van der Waals surface area contributed by atoms with Gasteiger partial charge in [0.25, 0.3) is 6.43 Å². The van der Waals surface area contributed by atoms with Crippen LogP contribution in [0.4, 0.5) is 8.78 Å². The number of aliphatic hydroxyl groups is 1. The molecular formula is C17H24F2N2O3. The number of nitrogens with one attached hydrogen (secondary N) is 1. The van der Waals surface area contributed by atoms with E-state index >= 15 is 0 Å². The highest BCUT2D eigenvalue weighted by Gasteiger charge is 2.44. The summed E-state index contributed by atoms with van der Waals surface area (Å²) in [6.45, 7) is 3.11. The molecule has 0 radical (unpaired) electrons. The maximum absolute atomic E-state index is 12.7. The summed E-state index contributed by atoms with van der Waals surface area (Å²) in [5, 5.41) is 12.5. The molecule has 0 aromatic heterocycles. The van der Waals surface area contributed by atoms with Crippen LogP contribution in [0.5, 0.6) is 5.75 Å². The van der Waals surface area contributed by atoms with Crippen LogP contribution in [0, 0.1) is 0 Å². The van der Waals surface area contributed by atoms with Gasteiger partial charge in [-0.1, -0.05) is 19.1 Å². The molecule has 7 heteroatoms. The van der Waals surface area contributed by atoms with Gasteiger partial charge >= 0.3 is 0 Å². The number of carbonyl (C=O) groups excluding carboxylic acids is 1. The van der Waals surface area contributed by atoms with Crippen molar-refractivity contribution < 1.29 is 23.4 Å². The maximum Gasteiger partial charge on any atom is 0.268 e. The standard InChI is InChI=1S/C17H24F2N2O3/c1-2-8-24-14-5-3-4-13(9-14)10-20-15(22)11-21-7-6-17(23,12-21)16(18)19/h3-5,9,16,23H,2,6-8,10-12H2,1H3,(H,20,22). The average Bonchev–Trinajstić information content (AvgIpc) is 2.94. The third kappa shape index (κ3) is 5.14. The molecule has 0 bridgehead atoms. The number of alkyl halides is 2. The van der Waals surface area contributed by atoms with Gasteiger partial charge in [-0.05, 0) is 30.5 Å². The van der Waals surface area contributed by atoms with Crippen molar-refractivity contribution in [1.29, 1.82) is 0 Å². The molecule has 24 heavy (non-hydrogen) atoms. The topological polar surface area (TPSA) is 61.8 Å². The van der Waals surface area contributed by atoms with E-state index in [2.05, 4.69) is 5.32 Å². The van der Waals surface area contributed by atoms with Crippen LogP contribution in [0.15, 0.2) is 24.3 Å². The van der Waals surface area contributed by atoms with Crippen molar-refractivity contribution in [1.82, 2.24) is 10.2 Å². The van der Waals surface area contributed by atoms with Crippen molar-refractivity contribution in [3.63, 3.8) is 0 Å². The molecule has 1 aromatic carbocycles. The molecule has 0 spiro atoms. The number of ether oxygens (including phenoxy) is 1. The lowest BCUT2D eigenvalue weighted by Gasteiger charge is -2.22. The Bertz CT molecular complexity index is 556. The largest absolute Gasteiger partial charge is 0.494 e. The Hall–Kier alpha value is -1.73. The number of hydrogen-bond donors (Lipinski definition) is 2. The Morgan fingerprint density at radius 3 is 2.96 bits per heavy atom. The molecule has 1 unspecified atom stereocenters. The zero-order valence-electron chi connectivity index (χ0n) is 13.8. The second-order valence-corrected chi connectivity index (χ2v) is 6.14. The minimum atomic E-state index is -2.79. The molecule has 1 heterocycles. The number of rotatable bonds is 8. The van der Waals surface area contributed by atoms with Gasteiger partial charge < -0.3 is 15.2 Å². The molecule has 1 aromatic rings. The van der Waals surface area contributed by atoms with Crippen molar-refractivity contribution in [2.45, 2.75) is 38.3 Å². The first-order valence-electron chi connectivity index (χ1n) is 8.14. The molecule has 5 nitrogen and oxygen atoms in total. The minimum Gasteiger partial charge on any atom is -0.494 e. The van der Waals surface area contributed by atoms with E-state index in [1.807, 2.05) is 31.2 Å². The first-order chi connectivity index (χ1) is 11.4. The number of hydrogen-bond acceptors (Lipinski definition) is 4. The molecule has 1 fully saturated rings. The Morgan fingerprint density at radius 1 is 1.50 bits per heavy atom. The van der Waals surface area contributed by atoms with E-state index in [4.69, 9.17) is 4.74 Å². The highest BCUT2D eigenvalue weighted by Crippen LogP contribution is 2.27. The molecule has 0 aliphatic carbocycles. The quantitative estimate of drug-likeness (QED) is 0.756. The van der Waals surface area contributed by atoms with Crippen LogP contribution < -0.4 is 10.1 Å².